The Morgan fingerprint density at radius 2 is 2.22 bits per heavy atom. The van der Waals surface area contributed by atoms with E-state index in [0.29, 0.717) is 33.5 Å². The van der Waals surface area contributed by atoms with Gasteiger partial charge in [-0.3, -0.25) is 5.41 Å². The third-order valence-electron chi connectivity index (χ3n) is 2.79. The van der Waals surface area contributed by atoms with Crippen molar-refractivity contribution in [1.29, 1.82) is 10.7 Å². The second-order valence-corrected chi connectivity index (χ2v) is 3.84. The van der Waals surface area contributed by atoms with E-state index in [-0.39, 0.29) is 5.49 Å². The molecule has 2 aliphatic rings. The number of aromatic amines is 1. The molecule has 6 nitrogen and oxygen atoms in total. The second kappa shape index (κ2) is 3.53. The lowest BCUT2D eigenvalue weighted by Crippen LogP contribution is -2.06. The first kappa shape index (κ1) is 10.2. The summed E-state index contributed by atoms with van der Waals surface area (Å²) in [5.41, 5.74) is 8.88. The minimum atomic E-state index is 0.0743. The topological polar surface area (TPSA) is 115 Å². The zero-order valence-electron chi connectivity index (χ0n) is 9.23. The molecular formula is C12H8N6. The van der Waals surface area contributed by atoms with Gasteiger partial charge in [0, 0.05) is 23.5 Å². The average Bonchev–Trinajstić information content (AvgIpc) is 2.89. The molecule has 4 N–H and O–H groups in total. The minimum Gasteiger partial charge on any atom is -0.397 e. The highest BCUT2D eigenvalue weighted by molar-refractivity contribution is 5.85. The number of aromatic nitrogens is 3. The molecule has 1 aromatic heterocycles. The Morgan fingerprint density at radius 3 is 3.00 bits per heavy atom. The van der Waals surface area contributed by atoms with Gasteiger partial charge in [0.1, 0.15) is 11.6 Å². The lowest BCUT2D eigenvalue weighted by atomic mass is 10.2. The zero-order chi connectivity index (χ0) is 12.7. The van der Waals surface area contributed by atoms with Crippen LogP contribution >= 0.6 is 0 Å². The molecule has 3 rings (SSSR count). The molecule has 0 unspecified atom stereocenters. The molecule has 0 radical (unpaired) electrons. The Kier molecular flexibility index (Phi) is 2.01. The van der Waals surface area contributed by atoms with Crippen molar-refractivity contribution in [2.24, 2.45) is 0 Å². The summed E-state index contributed by atoms with van der Waals surface area (Å²) in [5, 5.41) is 16.9. The maximum Gasteiger partial charge on any atom is 0.156 e. The van der Waals surface area contributed by atoms with Crippen LogP contribution in [0.15, 0.2) is 24.5 Å². The molecule has 0 spiro atoms. The summed E-state index contributed by atoms with van der Waals surface area (Å²) in [7, 11) is 0. The normalized spacial score (nSPS) is 10.6. The quantitative estimate of drug-likeness (QED) is 0.539. The number of nitrogens with zero attached hydrogens (tertiary/aromatic N) is 3. The number of nitrogen functional groups attached to an aromatic ring is 1. The average molecular weight is 236 g/mol. The minimum absolute atomic E-state index is 0.0743. The molecule has 0 fully saturated rings. The molecule has 1 aliphatic carbocycles. The molecule has 0 bridgehead atoms. The van der Waals surface area contributed by atoms with Gasteiger partial charge in [-0.15, -0.1) is 0 Å². The first-order valence-corrected chi connectivity index (χ1v) is 5.22. The summed E-state index contributed by atoms with van der Waals surface area (Å²) < 4.78 is 0. The van der Waals surface area contributed by atoms with E-state index in [2.05, 4.69) is 15.0 Å². The van der Waals surface area contributed by atoms with Gasteiger partial charge in [-0.2, -0.15) is 5.26 Å². The summed E-state index contributed by atoms with van der Waals surface area (Å²) in [6.07, 6.45) is 3.27. The molecule has 0 aromatic carbocycles. The summed E-state index contributed by atoms with van der Waals surface area (Å²) >= 11 is 0. The fraction of sp³-hybridized carbons (Fsp3) is 0. The molecule has 86 valence electrons. The maximum absolute atomic E-state index is 8.95. The number of hydrogen-bond donors (Lipinski definition) is 3. The SMILES string of the molecule is N#Cc1cc2c(=N)nc3cc[nH]c3ncc-2c1N. The maximum atomic E-state index is 8.95. The van der Waals surface area contributed by atoms with Crippen LogP contribution in [-0.2, 0) is 0 Å². The Labute approximate surface area is 102 Å². The zero-order valence-corrected chi connectivity index (χ0v) is 9.23. The van der Waals surface area contributed by atoms with Crippen LogP contribution in [0.1, 0.15) is 5.56 Å². The second-order valence-electron chi connectivity index (χ2n) is 3.84. The largest absolute Gasteiger partial charge is 0.397 e. The fourth-order valence-corrected chi connectivity index (χ4v) is 1.87. The highest BCUT2D eigenvalue weighted by atomic mass is 14.9. The molecule has 1 aliphatic heterocycles. The first-order valence-electron chi connectivity index (χ1n) is 5.22. The van der Waals surface area contributed by atoms with Crippen molar-refractivity contribution in [3.63, 3.8) is 0 Å². The van der Waals surface area contributed by atoms with Crippen molar-refractivity contribution in [3.8, 4) is 17.2 Å². The number of fused-ring (bicyclic) bond motifs is 2. The predicted molar refractivity (Wildman–Crippen MR) is 65.5 cm³/mol. The monoisotopic (exact) mass is 236 g/mol. The van der Waals surface area contributed by atoms with Crippen LogP contribution in [0.4, 0.5) is 5.69 Å². The van der Waals surface area contributed by atoms with E-state index in [4.69, 9.17) is 16.4 Å². The first-order chi connectivity index (χ1) is 8.70. The summed E-state index contributed by atoms with van der Waals surface area (Å²) in [5.74, 6) is 0. The number of nitriles is 1. The van der Waals surface area contributed by atoms with Crippen molar-refractivity contribution in [1.82, 2.24) is 15.0 Å². The number of rotatable bonds is 0. The molecule has 1 aromatic rings. The number of hydrogen-bond acceptors (Lipinski definition) is 5. The number of H-pyrrole nitrogens is 1. The number of nitrogens with two attached hydrogens (primary N) is 1. The smallest absolute Gasteiger partial charge is 0.156 e. The van der Waals surface area contributed by atoms with E-state index < -0.39 is 0 Å². The van der Waals surface area contributed by atoms with Crippen LogP contribution in [0, 0.1) is 16.7 Å². The Hall–Kier alpha value is -2.94. The van der Waals surface area contributed by atoms with Gasteiger partial charge in [-0.05, 0) is 12.1 Å². The van der Waals surface area contributed by atoms with Crippen molar-refractivity contribution in [2.75, 3.05) is 5.73 Å². The highest BCUT2D eigenvalue weighted by Crippen LogP contribution is 2.29. The third-order valence-corrected chi connectivity index (χ3v) is 2.79. The van der Waals surface area contributed by atoms with Gasteiger partial charge in [0.25, 0.3) is 0 Å². The Bertz CT molecular complexity index is 826. The van der Waals surface area contributed by atoms with Gasteiger partial charge in [0.2, 0.25) is 0 Å². The fourth-order valence-electron chi connectivity index (χ4n) is 1.87. The molecular weight excluding hydrogens is 228 g/mol. The Morgan fingerprint density at radius 1 is 1.39 bits per heavy atom. The van der Waals surface area contributed by atoms with Crippen LogP contribution in [0.2, 0.25) is 0 Å². The standard InChI is InChI=1S/C12H8N6/c13-4-6-3-7-8(10(6)14)5-17-12-9(1-2-16-12)18-11(7)15/h1-3,5,15H,14H2,(H,16,17). The van der Waals surface area contributed by atoms with E-state index in [9.17, 15) is 0 Å². The van der Waals surface area contributed by atoms with Gasteiger partial charge < -0.3 is 10.7 Å². The molecule has 2 heterocycles. The van der Waals surface area contributed by atoms with E-state index >= 15 is 0 Å². The van der Waals surface area contributed by atoms with Crippen LogP contribution in [0.3, 0.4) is 0 Å². The van der Waals surface area contributed by atoms with Crippen molar-refractivity contribution in [3.05, 3.63) is 35.6 Å². The van der Waals surface area contributed by atoms with E-state index in [1.165, 1.54) is 0 Å². The van der Waals surface area contributed by atoms with Gasteiger partial charge in [-0.1, -0.05) is 0 Å². The van der Waals surface area contributed by atoms with E-state index in [1.807, 2.05) is 6.07 Å². The number of nitrogens with one attached hydrogen (secondary N) is 2. The van der Waals surface area contributed by atoms with Crippen molar-refractivity contribution in [2.45, 2.75) is 0 Å². The lowest BCUT2D eigenvalue weighted by molar-refractivity contribution is 1.14. The predicted octanol–water partition coefficient (Wildman–Crippen LogP) is 0.996. The molecule has 0 atom stereocenters. The van der Waals surface area contributed by atoms with Crippen LogP contribution in [0.5, 0.6) is 0 Å². The molecule has 0 saturated carbocycles. The van der Waals surface area contributed by atoms with Gasteiger partial charge in [0.15, 0.2) is 11.1 Å². The summed E-state index contributed by atoms with van der Waals surface area (Å²) in [6, 6.07) is 5.31. The Balaban J connectivity index is 2.53. The van der Waals surface area contributed by atoms with E-state index in [0.717, 1.165) is 0 Å². The highest BCUT2D eigenvalue weighted by Gasteiger charge is 2.14. The van der Waals surface area contributed by atoms with Crippen LogP contribution < -0.4 is 11.2 Å². The van der Waals surface area contributed by atoms with Gasteiger partial charge in [-0.25, -0.2) is 9.97 Å². The third kappa shape index (κ3) is 1.31. The van der Waals surface area contributed by atoms with Crippen LogP contribution in [-0.4, -0.2) is 15.0 Å². The molecule has 0 saturated heterocycles. The molecule has 0 amide bonds. The van der Waals surface area contributed by atoms with Crippen LogP contribution in [0.25, 0.3) is 22.3 Å². The summed E-state index contributed by atoms with van der Waals surface area (Å²) in [4.78, 5) is 11.3. The molecule has 6 heteroatoms. The van der Waals surface area contributed by atoms with Crippen molar-refractivity contribution >= 4 is 16.9 Å². The summed E-state index contributed by atoms with van der Waals surface area (Å²) in [6.45, 7) is 0. The van der Waals surface area contributed by atoms with Crippen molar-refractivity contribution < 1.29 is 0 Å². The molecule has 18 heavy (non-hydrogen) atoms. The van der Waals surface area contributed by atoms with E-state index in [1.54, 1.807) is 24.5 Å². The van der Waals surface area contributed by atoms with Gasteiger partial charge in [0.05, 0.1) is 11.3 Å². The van der Waals surface area contributed by atoms with Gasteiger partial charge >= 0.3 is 0 Å². The number of anilines is 1. The lowest BCUT2D eigenvalue weighted by Gasteiger charge is -1.96.